The average molecular weight is 281 g/mol. The van der Waals surface area contributed by atoms with Crippen molar-refractivity contribution in [1.82, 2.24) is 5.32 Å². The van der Waals surface area contributed by atoms with Gasteiger partial charge in [-0.05, 0) is 19.1 Å². The van der Waals surface area contributed by atoms with Gasteiger partial charge in [-0.15, -0.1) is 12.4 Å². The van der Waals surface area contributed by atoms with Crippen LogP contribution in [0, 0.1) is 5.92 Å². The molecule has 17 heavy (non-hydrogen) atoms. The zero-order valence-corrected chi connectivity index (χ0v) is 12.5. The molecule has 1 saturated carbocycles. The van der Waals surface area contributed by atoms with E-state index in [1.807, 2.05) is 13.2 Å². The first-order valence-electron chi connectivity index (χ1n) is 6.13. The van der Waals surface area contributed by atoms with Gasteiger partial charge in [-0.1, -0.05) is 26.2 Å². The third-order valence-corrected chi connectivity index (χ3v) is 4.16. The Morgan fingerprint density at radius 1 is 1.41 bits per heavy atom. The highest BCUT2D eigenvalue weighted by Crippen LogP contribution is 2.25. The fourth-order valence-corrected chi connectivity index (χ4v) is 2.85. The maximum absolute atomic E-state index is 11.7. The molecule has 3 N–H and O–H groups in total. The molecular weight excluding hydrogens is 256 g/mol. The summed E-state index contributed by atoms with van der Waals surface area (Å²) in [5.74, 6) is 1.11. The maximum atomic E-state index is 11.7. The van der Waals surface area contributed by atoms with Crippen LogP contribution in [0.2, 0.25) is 0 Å². The van der Waals surface area contributed by atoms with E-state index in [0.717, 1.165) is 18.6 Å². The Hall–Kier alpha value is 0.0700. The lowest BCUT2D eigenvalue weighted by atomic mass is 9.82. The van der Waals surface area contributed by atoms with Crippen molar-refractivity contribution in [1.29, 1.82) is 0 Å². The normalized spacial score (nSPS) is 20.2. The van der Waals surface area contributed by atoms with Crippen LogP contribution < -0.4 is 11.1 Å². The van der Waals surface area contributed by atoms with Gasteiger partial charge in [0.15, 0.2) is 0 Å². The minimum Gasteiger partial charge on any atom is -0.354 e. The van der Waals surface area contributed by atoms with Crippen molar-refractivity contribution in [2.75, 3.05) is 18.6 Å². The Labute approximate surface area is 115 Å². The van der Waals surface area contributed by atoms with E-state index >= 15 is 0 Å². The van der Waals surface area contributed by atoms with E-state index in [0.29, 0.717) is 6.54 Å². The van der Waals surface area contributed by atoms with E-state index in [9.17, 15) is 4.79 Å². The standard InChI is InChI=1S/C12H24N2OS.ClH/c1-10(8-16-2)11(15)14-9-12(13)6-4-3-5-7-12;/h10H,3-9,13H2,1-2H3,(H,14,15);1H. The summed E-state index contributed by atoms with van der Waals surface area (Å²) in [7, 11) is 0. The summed E-state index contributed by atoms with van der Waals surface area (Å²) >= 11 is 1.71. The lowest BCUT2D eigenvalue weighted by molar-refractivity contribution is -0.124. The average Bonchev–Trinajstić information content (AvgIpc) is 2.27. The van der Waals surface area contributed by atoms with Crippen molar-refractivity contribution in [3.8, 4) is 0 Å². The van der Waals surface area contributed by atoms with E-state index in [-0.39, 0.29) is 29.8 Å². The quantitative estimate of drug-likeness (QED) is 0.812. The highest BCUT2D eigenvalue weighted by Gasteiger charge is 2.28. The van der Waals surface area contributed by atoms with Gasteiger partial charge in [0.1, 0.15) is 0 Å². The number of thioether (sulfide) groups is 1. The second-order valence-electron chi connectivity index (χ2n) is 5.00. The zero-order valence-electron chi connectivity index (χ0n) is 10.8. The molecule has 1 rings (SSSR count). The van der Waals surface area contributed by atoms with Crippen LogP contribution in [-0.4, -0.2) is 30.0 Å². The third kappa shape index (κ3) is 5.98. The van der Waals surface area contributed by atoms with Crippen LogP contribution in [0.5, 0.6) is 0 Å². The first-order valence-corrected chi connectivity index (χ1v) is 7.52. The number of amides is 1. The van der Waals surface area contributed by atoms with Crippen molar-refractivity contribution < 1.29 is 4.79 Å². The third-order valence-electron chi connectivity index (χ3n) is 3.33. The lowest BCUT2D eigenvalue weighted by Crippen LogP contribution is -2.52. The number of halogens is 1. The molecule has 1 aliphatic carbocycles. The first kappa shape index (κ1) is 17.1. The Balaban J connectivity index is 0.00000256. The fraction of sp³-hybridized carbons (Fsp3) is 0.917. The molecule has 0 aliphatic heterocycles. The Morgan fingerprint density at radius 3 is 2.53 bits per heavy atom. The summed E-state index contributed by atoms with van der Waals surface area (Å²) in [6.07, 6.45) is 7.80. The Morgan fingerprint density at radius 2 is 2.00 bits per heavy atom. The predicted molar refractivity (Wildman–Crippen MR) is 77.8 cm³/mol. The van der Waals surface area contributed by atoms with Crippen LogP contribution >= 0.6 is 24.2 Å². The SMILES string of the molecule is CSCC(C)C(=O)NCC1(N)CCCCC1.Cl. The number of nitrogens with two attached hydrogens (primary N) is 1. The molecule has 0 saturated heterocycles. The molecule has 0 aromatic rings. The molecule has 1 amide bonds. The molecule has 0 aromatic carbocycles. The van der Waals surface area contributed by atoms with Crippen molar-refractivity contribution in [2.45, 2.75) is 44.6 Å². The maximum Gasteiger partial charge on any atom is 0.223 e. The van der Waals surface area contributed by atoms with Gasteiger partial charge in [-0.3, -0.25) is 4.79 Å². The van der Waals surface area contributed by atoms with Crippen LogP contribution in [0.25, 0.3) is 0 Å². The van der Waals surface area contributed by atoms with Gasteiger partial charge in [-0.25, -0.2) is 0 Å². The molecule has 1 aliphatic rings. The van der Waals surface area contributed by atoms with Crippen molar-refractivity contribution >= 4 is 30.1 Å². The molecule has 0 aromatic heterocycles. The largest absolute Gasteiger partial charge is 0.354 e. The molecule has 5 heteroatoms. The van der Waals surface area contributed by atoms with E-state index in [1.165, 1.54) is 19.3 Å². The minimum atomic E-state index is -0.146. The van der Waals surface area contributed by atoms with E-state index < -0.39 is 0 Å². The molecule has 3 nitrogen and oxygen atoms in total. The van der Waals surface area contributed by atoms with Crippen LogP contribution in [0.15, 0.2) is 0 Å². The number of rotatable bonds is 5. The van der Waals surface area contributed by atoms with Crippen molar-refractivity contribution in [3.05, 3.63) is 0 Å². The molecule has 0 bridgehead atoms. The Kier molecular flexibility index (Phi) is 8.25. The second-order valence-corrected chi connectivity index (χ2v) is 5.91. The summed E-state index contributed by atoms with van der Waals surface area (Å²) in [6.45, 7) is 2.61. The topological polar surface area (TPSA) is 55.1 Å². The Bertz CT molecular complexity index is 233. The number of nitrogens with one attached hydrogen (secondary N) is 1. The number of hydrogen-bond acceptors (Lipinski definition) is 3. The van der Waals surface area contributed by atoms with Gasteiger partial charge in [0.05, 0.1) is 0 Å². The number of carbonyl (C=O) groups is 1. The van der Waals surface area contributed by atoms with Crippen LogP contribution in [0.1, 0.15) is 39.0 Å². The summed E-state index contributed by atoms with van der Waals surface area (Å²) in [5.41, 5.74) is 6.12. The highest BCUT2D eigenvalue weighted by atomic mass is 35.5. The molecule has 102 valence electrons. The van der Waals surface area contributed by atoms with Gasteiger partial charge in [0, 0.05) is 23.8 Å². The predicted octanol–water partition coefficient (Wildman–Crippen LogP) is 2.19. The molecule has 0 radical (unpaired) electrons. The summed E-state index contributed by atoms with van der Waals surface area (Å²) < 4.78 is 0. The summed E-state index contributed by atoms with van der Waals surface area (Å²) in [6, 6.07) is 0. The van der Waals surface area contributed by atoms with Crippen LogP contribution in [-0.2, 0) is 4.79 Å². The van der Waals surface area contributed by atoms with Crippen molar-refractivity contribution in [3.63, 3.8) is 0 Å². The molecular formula is C12H25ClN2OS. The minimum absolute atomic E-state index is 0. The van der Waals surface area contributed by atoms with Crippen molar-refractivity contribution in [2.24, 2.45) is 11.7 Å². The summed E-state index contributed by atoms with van der Waals surface area (Å²) in [4.78, 5) is 11.7. The van der Waals surface area contributed by atoms with Gasteiger partial charge >= 0.3 is 0 Å². The van der Waals surface area contributed by atoms with E-state index in [4.69, 9.17) is 5.73 Å². The molecule has 1 atom stereocenters. The highest BCUT2D eigenvalue weighted by molar-refractivity contribution is 7.98. The zero-order chi connectivity index (χ0) is 12.0. The summed E-state index contributed by atoms with van der Waals surface area (Å²) in [5, 5.41) is 3.00. The lowest BCUT2D eigenvalue weighted by Gasteiger charge is -2.33. The van der Waals surface area contributed by atoms with Gasteiger partial charge < -0.3 is 11.1 Å². The molecule has 1 unspecified atom stereocenters. The molecule has 1 fully saturated rings. The van der Waals surface area contributed by atoms with E-state index in [2.05, 4.69) is 5.32 Å². The first-order chi connectivity index (χ1) is 7.57. The molecule has 0 spiro atoms. The smallest absolute Gasteiger partial charge is 0.223 e. The second kappa shape index (κ2) is 8.22. The van der Waals surface area contributed by atoms with Gasteiger partial charge in [-0.2, -0.15) is 11.8 Å². The molecule has 0 heterocycles. The van der Waals surface area contributed by atoms with Gasteiger partial charge in [0.2, 0.25) is 5.91 Å². The number of hydrogen-bond donors (Lipinski definition) is 2. The van der Waals surface area contributed by atoms with Gasteiger partial charge in [0.25, 0.3) is 0 Å². The fourth-order valence-electron chi connectivity index (χ4n) is 2.20. The van der Waals surface area contributed by atoms with E-state index in [1.54, 1.807) is 11.8 Å². The monoisotopic (exact) mass is 280 g/mol. The van der Waals surface area contributed by atoms with Crippen LogP contribution in [0.3, 0.4) is 0 Å². The number of carbonyl (C=O) groups excluding carboxylic acids is 1. The van der Waals surface area contributed by atoms with Crippen LogP contribution in [0.4, 0.5) is 0 Å².